The van der Waals surface area contributed by atoms with Gasteiger partial charge in [-0.2, -0.15) is 18.3 Å². The van der Waals surface area contributed by atoms with E-state index in [2.05, 4.69) is 10.1 Å². The Balaban J connectivity index is 1.22. The number of carbonyl (C=O) groups is 3. The molecule has 2 aliphatic rings. The molecule has 2 aliphatic carbocycles. The lowest BCUT2D eigenvalue weighted by Gasteiger charge is -2.35. The first kappa shape index (κ1) is 33.2. The van der Waals surface area contributed by atoms with Crippen LogP contribution in [0.15, 0.2) is 48.8 Å². The number of unbranched alkanes of at least 4 members (excludes halogenated alkanes) is 1. The lowest BCUT2D eigenvalue weighted by molar-refractivity contribution is -0.141. The van der Waals surface area contributed by atoms with Gasteiger partial charge in [-0.15, -0.1) is 0 Å². The van der Waals surface area contributed by atoms with Crippen molar-refractivity contribution in [3.8, 4) is 11.3 Å². The van der Waals surface area contributed by atoms with Crippen LogP contribution in [0.1, 0.15) is 90.1 Å². The number of aromatic nitrogens is 4. The van der Waals surface area contributed by atoms with Crippen molar-refractivity contribution in [3.63, 3.8) is 0 Å². The molecule has 0 radical (unpaired) electrons. The second-order valence-electron chi connectivity index (χ2n) is 12.1. The maximum absolute atomic E-state index is 13.9. The van der Waals surface area contributed by atoms with E-state index < -0.39 is 23.7 Å². The summed E-state index contributed by atoms with van der Waals surface area (Å²) in [6.45, 7) is 3.04. The molecular weight excluding hydrogens is 621 g/mol. The smallest absolute Gasteiger partial charge is 0.351 e. The highest BCUT2D eigenvalue weighted by atomic mass is 35.5. The highest BCUT2D eigenvalue weighted by Crippen LogP contribution is 2.64. The van der Waals surface area contributed by atoms with Gasteiger partial charge in [-0.05, 0) is 80.2 Å². The zero-order valence-corrected chi connectivity index (χ0v) is 26.4. The van der Waals surface area contributed by atoms with Gasteiger partial charge in [-0.1, -0.05) is 36.7 Å². The van der Waals surface area contributed by atoms with Crippen molar-refractivity contribution in [2.75, 3.05) is 13.1 Å². The summed E-state index contributed by atoms with van der Waals surface area (Å²) >= 11 is 6.37. The number of halogens is 4. The zero-order valence-electron chi connectivity index (χ0n) is 25.7. The number of nitrogens with two attached hydrogens (primary N) is 1. The van der Waals surface area contributed by atoms with Crippen molar-refractivity contribution in [2.24, 2.45) is 18.2 Å². The summed E-state index contributed by atoms with van der Waals surface area (Å²) in [5.74, 6) is -0.842. The molecule has 2 fully saturated rings. The number of primary amides is 1. The van der Waals surface area contributed by atoms with Crippen LogP contribution in [0.25, 0.3) is 17.3 Å². The van der Waals surface area contributed by atoms with E-state index in [0.29, 0.717) is 36.9 Å². The molecule has 2 N–H and O–H groups in total. The fraction of sp³-hybridized carbons (Fsp3) is 0.424. The van der Waals surface area contributed by atoms with Crippen LogP contribution < -0.4 is 5.73 Å². The fourth-order valence-corrected chi connectivity index (χ4v) is 6.22. The standard InChI is InChI=1S/C33H36ClF3N6O3/c1-3-14-42(31(38)46)15-6-4-5-7-27(44)23-10-8-21(16-25(23)34)9-11-28(45)30-39-19-26(41(30)2)24-20-43(40-29(24)33(35,36)37)22-17-32(18-22)12-13-32/h5,7-11,16,19-20,22H,3-4,6,12-15,17-18H2,1-2H3,(H2,38,46)/b7-5+,11-9+. The number of imidazole rings is 1. The molecule has 0 bridgehead atoms. The molecule has 13 heteroatoms. The monoisotopic (exact) mass is 656 g/mol. The molecule has 2 aromatic heterocycles. The van der Waals surface area contributed by atoms with Crippen LogP contribution in [0.5, 0.6) is 0 Å². The minimum absolute atomic E-state index is 0.0376. The Morgan fingerprint density at radius 2 is 1.89 bits per heavy atom. The Hall–Kier alpha value is -4.19. The van der Waals surface area contributed by atoms with Gasteiger partial charge >= 0.3 is 12.2 Å². The number of rotatable bonds is 13. The van der Waals surface area contributed by atoms with Gasteiger partial charge in [0.2, 0.25) is 5.78 Å². The second kappa shape index (κ2) is 13.3. The third-order valence-corrected chi connectivity index (χ3v) is 9.03. The molecule has 0 aliphatic heterocycles. The van der Waals surface area contributed by atoms with Gasteiger partial charge in [-0.25, -0.2) is 9.78 Å². The first-order valence-electron chi connectivity index (χ1n) is 15.3. The lowest BCUT2D eigenvalue weighted by Crippen LogP contribution is -2.36. The van der Waals surface area contributed by atoms with Crippen LogP contribution in [0.4, 0.5) is 18.0 Å². The molecule has 244 valence electrons. The zero-order chi connectivity index (χ0) is 33.2. The van der Waals surface area contributed by atoms with E-state index in [9.17, 15) is 27.6 Å². The van der Waals surface area contributed by atoms with Gasteiger partial charge in [0.05, 0.1) is 28.5 Å². The topological polar surface area (TPSA) is 116 Å². The molecule has 5 rings (SSSR count). The van der Waals surface area contributed by atoms with E-state index in [-0.39, 0.29) is 39.5 Å². The molecule has 1 spiro atoms. The van der Waals surface area contributed by atoms with Gasteiger partial charge in [0.15, 0.2) is 17.3 Å². The van der Waals surface area contributed by atoms with Crippen LogP contribution in [-0.2, 0) is 13.2 Å². The number of allylic oxidation sites excluding steroid dienone is 3. The molecule has 0 unspecified atom stereocenters. The molecule has 46 heavy (non-hydrogen) atoms. The van der Waals surface area contributed by atoms with E-state index in [0.717, 1.165) is 32.1 Å². The van der Waals surface area contributed by atoms with Crippen molar-refractivity contribution in [3.05, 3.63) is 76.5 Å². The first-order chi connectivity index (χ1) is 21.8. The fourth-order valence-electron chi connectivity index (χ4n) is 5.94. The van der Waals surface area contributed by atoms with Gasteiger partial charge in [0.25, 0.3) is 0 Å². The van der Waals surface area contributed by atoms with E-state index in [1.165, 1.54) is 46.9 Å². The number of carbonyl (C=O) groups excluding carboxylic acids is 3. The number of hydrogen-bond donors (Lipinski definition) is 1. The molecule has 0 saturated heterocycles. The van der Waals surface area contributed by atoms with Crippen LogP contribution in [0, 0.1) is 5.41 Å². The number of alkyl halides is 3. The van der Waals surface area contributed by atoms with E-state index in [1.807, 2.05) is 6.92 Å². The number of nitrogens with zero attached hydrogens (tertiary/aromatic N) is 5. The molecule has 0 atom stereocenters. The van der Waals surface area contributed by atoms with Crippen molar-refractivity contribution in [2.45, 2.75) is 64.1 Å². The largest absolute Gasteiger partial charge is 0.435 e. The number of amides is 2. The van der Waals surface area contributed by atoms with E-state index in [1.54, 1.807) is 29.2 Å². The Morgan fingerprint density at radius 3 is 2.52 bits per heavy atom. The molecule has 2 saturated carbocycles. The summed E-state index contributed by atoms with van der Waals surface area (Å²) in [6.07, 6.45) is 9.85. The summed E-state index contributed by atoms with van der Waals surface area (Å²) in [6, 6.07) is 4.20. The van der Waals surface area contributed by atoms with Crippen molar-refractivity contribution in [1.82, 2.24) is 24.2 Å². The third kappa shape index (κ3) is 7.27. The molecular formula is C33H36ClF3N6O3. The second-order valence-corrected chi connectivity index (χ2v) is 12.5. The number of urea groups is 1. The number of benzene rings is 1. The summed E-state index contributed by atoms with van der Waals surface area (Å²) in [4.78, 5) is 42.8. The predicted molar refractivity (Wildman–Crippen MR) is 168 cm³/mol. The normalized spacial score (nSPS) is 16.0. The van der Waals surface area contributed by atoms with Gasteiger partial charge in [0.1, 0.15) is 0 Å². The van der Waals surface area contributed by atoms with Gasteiger partial charge in [-0.3, -0.25) is 14.3 Å². The molecule has 9 nitrogen and oxygen atoms in total. The Kier molecular flexibility index (Phi) is 9.57. The Labute approximate surface area is 269 Å². The van der Waals surface area contributed by atoms with Crippen LogP contribution in [0.3, 0.4) is 0 Å². The highest BCUT2D eigenvalue weighted by molar-refractivity contribution is 6.34. The highest BCUT2D eigenvalue weighted by Gasteiger charge is 2.54. The molecule has 3 aromatic rings. The third-order valence-electron chi connectivity index (χ3n) is 8.71. The molecule has 2 amide bonds. The quantitative estimate of drug-likeness (QED) is 0.118. The van der Waals surface area contributed by atoms with Crippen LogP contribution in [-0.4, -0.2) is 54.9 Å². The summed E-state index contributed by atoms with van der Waals surface area (Å²) < 4.78 is 44.6. The first-order valence-corrected chi connectivity index (χ1v) is 15.7. The van der Waals surface area contributed by atoms with E-state index >= 15 is 0 Å². The Bertz CT molecular complexity index is 1690. The van der Waals surface area contributed by atoms with Crippen molar-refractivity contribution >= 4 is 35.3 Å². The number of ketones is 2. The predicted octanol–water partition coefficient (Wildman–Crippen LogP) is 7.28. The van der Waals surface area contributed by atoms with Crippen LogP contribution in [0.2, 0.25) is 5.02 Å². The average Bonchev–Trinajstić information content (AvgIpc) is 3.52. The molecule has 1 aromatic carbocycles. The SMILES string of the molecule is CCCN(CCC/C=C/C(=O)c1ccc(/C=C/C(=O)c2ncc(-c3cn(C4CC5(CC5)C4)nc3C(F)(F)F)n2C)cc1Cl)C(N)=O. The van der Waals surface area contributed by atoms with Crippen molar-refractivity contribution in [1.29, 1.82) is 0 Å². The van der Waals surface area contributed by atoms with E-state index in [4.69, 9.17) is 17.3 Å². The van der Waals surface area contributed by atoms with Gasteiger partial charge in [0, 0.05) is 31.9 Å². The molecule has 2 heterocycles. The Morgan fingerprint density at radius 1 is 1.15 bits per heavy atom. The average molecular weight is 657 g/mol. The minimum Gasteiger partial charge on any atom is -0.351 e. The lowest BCUT2D eigenvalue weighted by atomic mass is 9.77. The summed E-state index contributed by atoms with van der Waals surface area (Å²) in [7, 11) is 1.49. The maximum atomic E-state index is 13.9. The summed E-state index contributed by atoms with van der Waals surface area (Å²) in [5.41, 5.74) is 5.52. The summed E-state index contributed by atoms with van der Waals surface area (Å²) in [5, 5.41) is 4.11. The van der Waals surface area contributed by atoms with Crippen molar-refractivity contribution < 1.29 is 27.6 Å². The van der Waals surface area contributed by atoms with Gasteiger partial charge < -0.3 is 15.2 Å². The minimum atomic E-state index is -4.67. The van der Waals surface area contributed by atoms with Crippen LogP contribution >= 0.6 is 11.6 Å². The maximum Gasteiger partial charge on any atom is 0.435 e. The number of hydrogen-bond acceptors (Lipinski definition) is 5.